The van der Waals surface area contributed by atoms with E-state index in [-0.39, 0.29) is 0 Å². The summed E-state index contributed by atoms with van der Waals surface area (Å²) in [6, 6.07) is 3.88. The van der Waals surface area contributed by atoms with Crippen LogP contribution in [0.4, 0.5) is 5.95 Å². The van der Waals surface area contributed by atoms with E-state index < -0.39 is 0 Å². The summed E-state index contributed by atoms with van der Waals surface area (Å²) in [5.74, 6) is 0.723. The Bertz CT molecular complexity index is 469. The Balaban J connectivity index is 2.10. The second-order valence-electron chi connectivity index (χ2n) is 4.07. The quantitative estimate of drug-likeness (QED) is 0.858. The van der Waals surface area contributed by atoms with Crippen LogP contribution in [0.15, 0.2) is 36.9 Å². The molecule has 0 saturated carbocycles. The van der Waals surface area contributed by atoms with E-state index in [1.165, 1.54) is 0 Å². The van der Waals surface area contributed by atoms with Crippen molar-refractivity contribution in [2.75, 3.05) is 25.0 Å². The van der Waals surface area contributed by atoms with Crippen LogP contribution < -0.4 is 10.6 Å². The molecule has 0 aliphatic rings. The van der Waals surface area contributed by atoms with E-state index in [2.05, 4.69) is 15.0 Å². The van der Waals surface area contributed by atoms with Gasteiger partial charge in [0.25, 0.3) is 0 Å². The molecule has 0 aliphatic carbocycles. The highest BCUT2D eigenvalue weighted by atomic mass is 15.2. The van der Waals surface area contributed by atoms with Crippen LogP contribution in [0.3, 0.4) is 0 Å². The van der Waals surface area contributed by atoms with Crippen molar-refractivity contribution in [2.45, 2.75) is 6.42 Å². The van der Waals surface area contributed by atoms with E-state index in [9.17, 15) is 0 Å². The van der Waals surface area contributed by atoms with Crippen LogP contribution >= 0.6 is 0 Å². The van der Waals surface area contributed by atoms with Gasteiger partial charge >= 0.3 is 0 Å². The van der Waals surface area contributed by atoms with Crippen LogP contribution in [0, 0.1) is 0 Å². The lowest BCUT2D eigenvalue weighted by Crippen LogP contribution is -2.22. The van der Waals surface area contributed by atoms with Crippen LogP contribution in [-0.4, -0.2) is 35.1 Å². The third kappa shape index (κ3) is 3.01. The summed E-state index contributed by atoms with van der Waals surface area (Å²) in [7, 11) is 1.97. The van der Waals surface area contributed by atoms with Gasteiger partial charge in [-0.05, 0) is 30.7 Å². The minimum absolute atomic E-state index is 0.680. The fourth-order valence-electron chi connectivity index (χ4n) is 1.64. The van der Waals surface area contributed by atoms with Crippen molar-refractivity contribution in [2.24, 2.45) is 5.73 Å². The van der Waals surface area contributed by atoms with Crippen molar-refractivity contribution < 1.29 is 0 Å². The zero-order chi connectivity index (χ0) is 12.8. The minimum atomic E-state index is 0.680. The highest BCUT2D eigenvalue weighted by Gasteiger charge is 2.04. The summed E-state index contributed by atoms with van der Waals surface area (Å²) in [4.78, 5) is 14.7. The zero-order valence-electron chi connectivity index (χ0n) is 10.5. The fourth-order valence-corrected chi connectivity index (χ4v) is 1.64. The molecule has 2 aromatic rings. The number of hydrogen-bond acceptors (Lipinski definition) is 5. The van der Waals surface area contributed by atoms with Gasteiger partial charge in [-0.15, -0.1) is 0 Å². The van der Waals surface area contributed by atoms with Crippen LogP contribution in [0.25, 0.3) is 11.1 Å². The van der Waals surface area contributed by atoms with E-state index in [1.54, 1.807) is 12.4 Å². The second-order valence-corrected chi connectivity index (χ2v) is 4.07. The lowest BCUT2D eigenvalue weighted by atomic mass is 10.1. The Hall–Kier alpha value is -2.01. The summed E-state index contributed by atoms with van der Waals surface area (Å²) in [6.45, 7) is 1.55. The van der Waals surface area contributed by atoms with Crippen LogP contribution in [-0.2, 0) is 0 Å². The van der Waals surface area contributed by atoms with Gasteiger partial charge in [0.05, 0.1) is 0 Å². The lowest BCUT2D eigenvalue weighted by Gasteiger charge is -2.16. The number of hydrogen-bond donors (Lipinski definition) is 1. The van der Waals surface area contributed by atoms with Gasteiger partial charge in [0.15, 0.2) is 0 Å². The van der Waals surface area contributed by atoms with Gasteiger partial charge < -0.3 is 10.6 Å². The number of rotatable bonds is 5. The molecular formula is C13H17N5. The smallest absolute Gasteiger partial charge is 0.225 e. The summed E-state index contributed by atoms with van der Waals surface area (Å²) < 4.78 is 0. The fraction of sp³-hybridized carbons (Fsp3) is 0.308. The van der Waals surface area contributed by atoms with Gasteiger partial charge in [-0.25, -0.2) is 9.97 Å². The molecule has 0 aliphatic heterocycles. The number of nitrogens with two attached hydrogens (primary N) is 1. The number of anilines is 1. The average Bonchev–Trinajstić information content (AvgIpc) is 2.46. The first-order valence-corrected chi connectivity index (χ1v) is 5.95. The first-order valence-electron chi connectivity index (χ1n) is 5.95. The summed E-state index contributed by atoms with van der Waals surface area (Å²) in [6.07, 6.45) is 8.12. The molecule has 0 atom stereocenters. The van der Waals surface area contributed by atoms with E-state index in [4.69, 9.17) is 5.73 Å². The summed E-state index contributed by atoms with van der Waals surface area (Å²) >= 11 is 0. The van der Waals surface area contributed by atoms with Crippen LogP contribution in [0.5, 0.6) is 0 Å². The molecule has 2 rings (SSSR count). The van der Waals surface area contributed by atoms with Crippen molar-refractivity contribution in [3.63, 3.8) is 0 Å². The summed E-state index contributed by atoms with van der Waals surface area (Å²) in [5.41, 5.74) is 7.55. The maximum absolute atomic E-state index is 5.48. The molecule has 0 spiro atoms. The predicted octanol–water partition coefficient (Wildman–Crippen LogP) is 1.32. The monoisotopic (exact) mass is 243 g/mol. The van der Waals surface area contributed by atoms with Crippen molar-refractivity contribution in [1.29, 1.82) is 0 Å². The van der Waals surface area contributed by atoms with E-state index in [0.29, 0.717) is 6.54 Å². The second kappa shape index (κ2) is 6.07. The maximum Gasteiger partial charge on any atom is 0.225 e. The predicted molar refractivity (Wildman–Crippen MR) is 72.2 cm³/mol. The number of aromatic nitrogens is 3. The Morgan fingerprint density at radius 2 is 1.78 bits per heavy atom. The average molecular weight is 243 g/mol. The Kier molecular flexibility index (Phi) is 4.20. The van der Waals surface area contributed by atoms with Gasteiger partial charge in [-0.3, -0.25) is 4.98 Å². The summed E-state index contributed by atoms with van der Waals surface area (Å²) in [5, 5.41) is 0. The molecule has 5 nitrogen and oxygen atoms in total. The molecule has 0 amide bonds. The number of pyridine rings is 1. The Labute approximate surface area is 107 Å². The molecule has 2 aromatic heterocycles. The molecule has 0 saturated heterocycles. The van der Waals surface area contributed by atoms with Gasteiger partial charge in [0.1, 0.15) is 0 Å². The van der Waals surface area contributed by atoms with Gasteiger partial charge in [0, 0.05) is 43.9 Å². The third-order valence-corrected chi connectivity index (χ3v) is 2.69. The van der Waals surface area contributed by atoms with Gasteiger partial charge in [-0.2, -0.15) is 0 Å². The highest BCUT2D eigenvalue weighted by molar-refractivity contribution is 5.61. The van der Waals surface area contributed by atoms with Crippen LogP contribution in [0.1, 0.15) is 6.42 Å². The van der Waals surface area contributed by atoms with Crippen LogP contribution in [0.2, 0.25) is 0 Å². The molecule has 0 aromatic carbocycles. The first kappa shape index (κ1) is 12.4. The highest BCUT2D eigenvalue weighted by Crippen LogP contribution is 2.17. The molecule has 2 N–H and O–H groups in total. The minimum Gasteiger partial charge on any atom is -0.344 e. The van der Waals surface area contributed by atoms with E-state index >= 15 is 0 Å². The molecule has 0 fully saturated rings. The van der Waals surface area contributed by atoms with Gasteiger partial charge in [-0.1, -0.05) is 0 Å². The molecule has 18 heavy (non-hydrogen) atoms. The molecule has 94 valence electrons. The topological polar surface area (TPSA) is 67.9 Å². The Morgan fingerprint density at radius 3 is 2.39 bits per heavy atom. The normalized spacial score (nSPS) is 10.3. The molecular weight excluding hydrogens is 226 g/mol. The molecule has 0 radical (unpaired) electrons. The third-order valence-electron chi connectivity index (χ3n) is 2.69. The van der Waals surface area contributed by atoms with Crippen molar-refractivity contribution in [1.82, 2.24) is 15.0 Å². The van der Waals surface area contributed by atoms with Gasteiger partial charge in [0.2, 0.25) is 5.95 Å². The largest absolute Gasteiger partial charge is 0.344 e. The maximum atomic E-state index is 5.48. The lowest BCUT2D eigenvalue weighted by molar-refractivity contribution is 0.775. The first-order chi connectivity index (χ1) is 8.81. The SMILES string of the molecule is CN(CCCN)c1ncc(-c2ccncc2)cn1. The van der Waals surface area contributed by atoms with Crippen molar-refractivity contribution >= 4 is 5.95 Å². The van der Waals surface area contributed by atoms with E-state index in [1.807, 2.05) is 36.5 Å². The molecule has 2 heterocycles. The Morgan fingerprint density at radius 1 is 1.11 bits per heavy atom. The molecule has 0 unspecified atom stereocenters. The van der Waals surface area contributed by atoms with Crippen molar-refractivity contribution in [3.8, 4) is 11.1 Å². The van der Waals surface area contributed by atoms with Crippen molar-refractivity contribution in [3.05, 3.63) is 36.9 Å². The number of nitrogens with zero attached hydrogens (tertiary/aromatic N) is 4. The zero-order valence-corrected chi connectivity index (χ0v) is 10.5. The molecule has 5 heteroatoms. The standard InChI is InChI=1S/C13H17N5/c1-18(8-2-5-14)13-16-9-12(10-17-13)11-3-6-15-7-4-11/h3-4,6-7,9-10H,2,5,8,14H2,1H3. The molecule has 0 bridgehead atoms. The van der Waals surface area contributed by atoms with E-state index in [0.717, 1.165) is 30.0 Å².